The van der Waals surface area contributed by atoms with Crippen LogP contribution in [0, 0.1) is 0 Å². The maximum absolute atomic E-state index is 10.3. The van der Waals surface area contributed by atoms with E-state index < -0.39 is 5.97 Å². The van der Waals surface area contributed by atoms with E-state index in [0.29, 0.717) is 0 Å². The Kier molecular flexibility index (Phi) is 7.53. The van der Waals surface area contributed by atoms with Gasteiger partial charge in [0.25, 0.3) is 0 Å². The van der Waals surface area contributed by atoms with Crippen LogP contribution in [0.15, 0.2) is 29.2 Å². The van der Waals surface area contributed by atoms with E-state index in [2.05, 4.69) is 35.8 Å². The maximum atomic E-state index is 10.3. The summed E-state index contributed by atoms with van der Waals surface area (Å²) < 4.78 is 0. The van der Waals surface area contributed by atoms with Gasteiger partial charge >= 0.3 is 5.97 Å². The minimum Gasteiger partial charge on any atom is -0.481 e. The van der Waals surface area contributed by atoms with Crippen LogP contribution in [0.4, 0.5) is 0 Å². The number of thioether (sulfide) groups is 1. The van der Waals surface area contributed by atoms with Gasteiger partial charge in [-0.15, -0.1) is 11.8 Å². The molecule has 0 radical (unpaired) electrons. The van der Waals surface area contributed by atoms with E-state index in [4.69, 9.17) is 5.11 Å². The predicted molar refractivity (Wildman–Crippen MR) is 76.3 cm³/mol. The first-order chi connectivity index (χ1) is 8.72. The van der Waals surface area contributed by atoms with E-state index in [9.17, 15) is 4.79 Å². The van der Waals surface area contributed by atoms with Gasteiger partial charge in [-0.05, 0) is 56.3 Å². The van der Waals surface area contributed by atoms with Gasteiger partial charge in [-0.1, -0.05) is 12.1 Å². The van der Waals surface area contributed by atoms with Gasteiger partial charge in [0.2, 0.25) is 0 Å². The molecule has 0 saturated heterocycles. The summed E-state index contributed by atoms with van der Waals surface area (Å²) in [7, 11) is 0. The second-order valence-corrected chi connectivity index (χ2v) is 5.08. The largest absolute Gasteiger partial charge is 0.481 e. The van der Waals surface area contributed by atoms with Gasteiger partial charge in [0.15, 0.2) is 0 Å². The highest BCUT2D eigenvalue weighted by molar-refractivity contribution is 7.98. The van der Waals surface area contributed by atoms with Crippen LogP contribution in [0.3, 0.4) is 0 Å². The molecule has 0 aromatic heterocycles. The summed E-state index contributed by atoms with van der Waals surface area (Å²) in [6.07, 6.45) is 5.06. The summed E-state index contributed by atoms with van der Waals surface area (Å²) in [5, 5.41) is 11.8. The normalized spacial score (nSPS) is 10.5. The number of carboxylic acids is 1. The Morgan fingerprint density at radius 2 is 1.94 bits per heavy atom. The first-order valence-electron chi connectivity index (χ1n) is 6.28. The van der Waals surface area contributed by atoms with Crippen LogP contribution in [0.2, 0.25) is 0 Å². The summed E-state index contributed by atoms with van der Waals surface area (Å²) in [6, 6.07) is 8.62. The van der Waals surface area contributed by atoms with Crippen LogP contribution >= 0.6 is 11.8 Å². The number of nitrogens with one attached hydrogen (secondary N) is 1. The van der Waals surface area contributed by atoms with Gasteiger partial charge < -0.3 is 10.4 Å². The van der Waals surface area contributed by atoms with E-state index in [1.807, 2.05) is 0 Å². The molecule has 1 rings (SSSR count). The van der Waals surface area contributed by atoms with E-state index in [-0.39, 0.29) is 6.42 Å². The molecule has 0 heterocycles. The third kappa shape index (κ3) is 6.67. The second kappa shape index (κ2) is 9.00. The van der Waals surface area contributed by atoms with E-state index >= 15 is 0 Å². The van der Waals surface area contributed by atoms with Crippen LogP contribution in [0.25, 0.3) is 0 Å². The van der Waals surface area contributed by atoms with Crippen molar-refractivity contribution in [1.82, 2.24) is 5.32 Å². The quantitative estimate of drug-likeness (QED) is 0.533. The SMILES string of the molecule is CSc1ccc(CCNCCCCC(=O)O)cc1. The molecule has 3 nitrogen and oxygen atoms in total. The van der Waals surface area contributed by atoms with Gasteiger partial charge in [-0.25, -0.2) is 0 Å². The number of benzene rings is 1. The van der Waals surface area contributed by atoms with E-state index in [1.54, 1.807) is 11.8 Å². The highest BCUT2D eigenvalue weighted by Crippen LogP contribution is 2.14. The fraction of sp³-hybridized carbons (Fsp3) is 0.500. The van der Waals surface area contributed by atoms with Crippen LogP contribution in [0.1, 0.15) is 24.8 Å². The van der Waals surface area contributed by atoms with Gasteiger partial charge in [0, 0.05) is 11.3 Å². The lowest BCUT2D eigenvalue weighted by Gasteiger charge is -2.05. The van der Waals surface area contributed by atoms with Crippen molar-refractivity contribution < 1.29 is 9.90 Å². The van der Waals surface area contributed by atoms with Crippen LogP contribution < -0.4 is 5.32 Å². The molecule has 0 aliphatic rings. The van der Waals surface area contributed by atoms with Crippen molar-refractivity contribution in [2.24, 2.45) is 0 Å². The van der Waals surface area contributed by atoms with Gasteiger partial charge in [0.1, 0.15) is 0 Å². The predicted octanol–water partition coefficient (Wildman–Crippen LogP) is 2.80. The lowest BCUT2D eigenvalue weighted by atomic mass is 10.1. The molecule has 0 aliphatic heterocycles. The highest BCUT2D eigenvalue weighted by atomic mass is 32.2. The molecule has 0 aliphatic carbocycles. The lowest BCUT2D eigenvalue weighted by molar-refractivity contribution is -0.137. The Labute approximate surface area is 113 Å². The third-order valence-corrected chi connectivity index (χ3v) is 3.49. The molecule has 2 N–H and O–H groups in total. The van der Waals surface area contributed by atoms with Gasteiger partial charge in [-0.2, -0.15) is 0 Å². The zero-order valence-electron chi connectivity index (χ0n) is 10.8. The molecule has 1 aromatic rings. The van der Waals surface area contributed by atoms with Crippen molar-refractivity contribution in [3.05, 3.63) is 29.8 Å². The minimum absolute atomic E-state index is 0.276. The van der Waals surface area contributed by atoms with Crippen LogP contribution in [-0.4, -0.2) is 30.4 Å². The first kappa shape index (κ1) is 15.1. The molecule has 18 heavy (non-hydrogen) atoms. The first-order valence-corrected chi connectivity index (χ1v) is 7.50. The van der Waals surface area contributed by atoms with Gasteiger partial charge in [-0.3, -0.25) is 4.79 Å². The molecule has 0 spiro atoms. The fourth-order valence-electron chi connectivity index (χ4n) is 1.68. The molecule has 0 unspecified atom stereocenters. The summed E-state index contributed by atoms with van der Waals surface area (Å²) in [5.74, 6) is -0.705. The molecule has 0 fully saturated rings. The summed E-state index contributed by atoms with van der Waals surface area (Å²) in [4.78, 5) is 11.6. The zero-order valence-corrected chi connectivity index (χ0v) is 11.6. The molecule has 0 saturated carbocycles. The van der Waals surface area contributed by atoms with Crippen molar-refractivity contribution in [2.75, 3.05) is 19.3 Å². The zero-order chi connectivity index (χ0) is 13.2. The topological polar surface area (TPSA) is 49.3 Å². The summed E-state index contributed by atoms with van der Waals surface area (Å²) in [6.45, 7) is 1.85. The Bertz CT molecular complexity index is 351. The number of rotatable bonds is 9. The maximum Gasteiger partial charge on any atom is 0.303 e. The number of carbonyl (C=O) groups is 1. The number of hydrogen-bond donors (Lipinski definition) is 2. The summed E-state index contributed by atoms with van der Waals surface area (Å²) >= 11 is 1.75. The third-order valence-electron chi connectivity index (χ3n) is 2.74. The molecular formula is C14H21NO2S. The number of unbranched alkanes of at least 4 members (excludes halogenated alkanes) is 1. The van der Waals surface area contributed by atoms with Crippen molar-refractivity contribution in [3.8, 4) is 0 Å². The molecular weight excluding hydrogens is 246 g/mol. The van der Waals surface area contributed by atoms with E-state index in [0.717, 1.165) is 32.4 Å². The molecule has 4 heteroatoms. The van der Waals surface area contributed by atoms with E-state index in [1.165, 1.54) is 10.5 Å². The second-order valence-electron chi connectivity index (χ2n) is 4.20. The number of aliphatic carboxylic acids is 1. The standard InChI is InChI=1S/C14H21NO2S/c1-18-13-7-5-12(6-8-13)9-11-15-10-3-2-4-14(16)17/h5-8,15H,2-4,9-11H2,1H3,(H,16,17). The Hall–Kier alpha value is -1.00. The highest BCUT2D eigenvalue weighted by Gasteiger charge is 1.97. The Balaban J connectivity index is 2.05. The van der Waals surface area contributed by atoms with Crippen molar-refractivity contribution in [1.29, 1.82) is 0 Å². The van der Waals surface area contributed by atoms with Gasteiger partial charge in [0.05, 0.1) is 0 Å². The molecule has 100 valence electrons. The van der Waals surface area contributed by atoms with Crippen molar-refractivity contribution in [2.45, 2.75) is 30.6 Å². The number of hydrogen-bond acceptors (Lipinski definition) is 3. The van der Waals surface area contributed by atoms with Crippen molar-refractivity contribution in [3.63, 3.8) is 0 Å². The van der Waals surface area contributed by atoms with Crippen molar-refractivity contribution >= 4 is 17.7 Å². The molecule has 0 amide bonds. The molecule has 1 aromatic carbocycles. The lowest BCUT2D eigenvalue weighted by Crippen LogP contribution is -2.18. The molecule has 0 atom stereocenters. The monoisotopic (exact) mass is 267 g/mol. The number of carboxylic acid groups (broad SMARTS) is 1. The molecule has 0 bridgehead atoms. The smallest absolute Gasteiger partial charge is 0.303 e. The minimum atomic E-state index is -0.705. The van der Waals surface area contributed by atoms with Crippen LogP contribution in [0.5, 0.6) is 0 Å². The van der Waals surface area contributed by atoms with Crippen LogP contribution in [-0.2, 0) is 11.2 Å². The Morgan fingerprint density at radius 1 is 1.22 bits per heavy atom. The Morgan fingerprint density at radius 3 is 2.56 bits per heavy atom. The summed E-state index contributed by atoms with van der Waals surface area (Å²) in [5.41, 5.74) is 1.34. The average Bonchev–Trinajstić information content (AvgIpc) is 2.38. The fourth-order valence-corrected chi connectivity index (χ4v) is 2.08. The average molecular weight is 267 g/mol.